The number of aliphatic hydroxyl groups is 1. The molecule has 0 amide bonds. The van der Waals surface area contributed by atoms with Crippen molar-refractivity contribution in [3.63, 3.8) is 0 Å². The van der Waals surface area contributed by atoms with Crippen molar-refractivity contribution in [3.8, 4) is 11.3 Å². The maximum Gasteiger partial charge on any atom is 0.273 e. The first kappa shape index (κ1) is 21.4. The minimum atomic E-state index is -1.20. The van der Waals surface area contributed by atoms with Crippen molar-refractivity contribution in [1.29, 1.82) is 0 Å². The fraction of sp³-hybridized carbons (Fsp3) is 0.200. The van der Waals surface area contributed by atoms with E-state index in [1.807, 2.05) is 18.2 Å². The molecule has 176 valence electrons. The molecular weight excluding hydrogens is 451 g/mol. The molecule has 35 heavy (non-hydrogen) atoms. The van der Waals surface area contributed by atoms with Crippen molar-refractivity contribution in [2.75, 3.05) is 31.2 Å². The van der Waals surface area contributed by atoms with Crippen molar-refractivity contribution in [3.05, 3.63) is 82.4 Å². The fourth-order valence-electron chi connectivity index (χ4n) is 4.53. The Morgan fingerprint density at radius 2 is 1.91 bits per heavy atom. The Morgan fingerprint density at radius 3 is 2.77 bits per heavy atom. The van der Waals surface area contributed by atoms with Crippen molar-refractivity contribution in [2.24, 2.45) is 0 Å². The molecule has 5 aromatic rings. The number of hydrogen-bond acceptors (Lipinski definition) is 7. The van der Waals surface area contributed by atoms with Gasteiger partial charge < -0.3 is 19.7 Å². The van der Waals surface area contributed by atoms with E-state index < -0.39 is 11.9 Å². The van der Waals surface area contributed by atoms with E-state index in [1.54, 1.807) is 18.3 Å². The molecule has 3 aromatic heterocycles. The van der Waals surface area contributed by atoms with Crippen molar-refractivity contribution in [2.45, 2.75) is 6.10 Å². The number of fused-ring (bicyclic) bond motifs is 2. The zero-order chi connectivity index (χ0) is 23.9. The molecule has 6 rings (SSSR count). The van der Waals surface area contributed by atoms with Crippen LogP contribution < -0.4 is 10.5 Å². The third-order valence-corrected chi connectivity index (χ3v) is 6.34. The summed E-state index contributed by atoms with van der Waals surface area (Å²) in [6.45, 7) is 2.94. The molecule has 4 heterocycles. The average Bonchev–Trinajstić information content (AvgIpc) is 3.40. The Hall–Kier alpha value is -4.15. The Labute approximate surface area is 198 Å². The van der Waals surface area contributed by atoms with Crippen LogP contribution in [-0.2, 0) is 4.74 Å². The molecule has 0 aliphatic carbocycles. The van der Waals surface area contributed by atoms with E-state index in [2.05, 4.69) is 30.0 Å². The smallest absolute Gasteiger partial charge is 0.273 e. The maximum atomic E-state index is 15.0. The van der Waals surface area contributed by atoms with Gasteiger partial charge in [0.2, 0.25) is 0 Å². The van der Waals surface area contributed by atoms with Crippen molar-refractivity contribution in [1.82, 2.24) is 25.1 Å². The largest absolute Gasteiger partial charge is 0.382 e. The van der Waals surface area contributed by atoms with Gasteiger partial charge in [0.1, 0.15) is 23.9 Å². The molecule has 0 bridgehead atoms. The zero-order valence-corrected chi connectivity index (χ0v) is 18.5. The lowest BCUT2D eigenvalue weighted by atomic mass is 9.98. The van der Waals surface area contributed by atoms with Gasteiger partial charge in [0.05, 0.1) is 35.3 Å². The number of nitrogens with one attached hydrogen (secondary N) is 2. The molecule has 10 heteroatoms. The second-order valence-corrected chi connectivity index (χ2v) is 8.37. The summed E-state index contributed by atoms with van der Waals surface area (Å²) >= 11 is 0. The fourth-order valence-corrected chi connectivity index (χ4v) is 4.53. The maximum absolute atomic E-state index is 15.0. The summed E-state index contributed by atoms with van der Waals surface area (Å²) in [5.74, 6) is -0.474. The molecule has 1 fully saturated rings. The number of rotatable bonds is 4. The highest BCUT2D eigenvalue weighted by atomic mass is 19.1. The number of anilines is 1. The average molecular weight is 472 g/mol. The highest BCUT2D eigenvalue weighted by molar-refractivity contribution is 5.94. The molecule has 1 saturated heterocycles. The SMILES string of the molecule is O=c1[nH]nc(C(O)c2ccc(F)c(-c3ncnc4cc(N5CCOCC5)ccc34)c2)c2[nH]ccc12. The van der Waals surface area contributed by atoms with E-state index >= 15 is 4.39 Å². The number of aromatic amines is 2. The standard InChI is InChI=1S/C25H21FN6O3/c26-19-4-1-14(24(33)23-22-17(5-6-27-22)25(34)31-30-23)11-18(19)21-16-3-2-15(12-20(16)28-13-29-21)32-7-9-35-10-8-32/h1-6,11-13,24,27,33H,7-10H2,(H,31,34). The van der Waals surface area contributed by atoms with Gasteiger partial charge in [0.15, 0.2) is 0 Å². The monoisotopic (exact) mass is 472 g/mol. The van der Waals surface area contributed by atoms with Gasteiger partial charge in [-0.3, -0.25) is 4.79 Å². The number of morpholine rings is 1. The summed E-state index contributed by atoms with van der Waals surface area (Å²) < 4.78 is 20.5. The van der Waals surface area contributed by atoms with Gasteiger partial charge in [0, 0.05) is 35.9 Å². The predicted molar refractivity (Wildman–Crippen MR) is 129 cm³/mol. The second kappa shape index (κ2) is 8.57. The minimum Gasteiger partial charge on any atom is -0.382 e. The number of halogens is 1. The number of aliphatic hydroxyl groups excluding tert-OH is 1. The molecule has 0 spiro atoms. The van der Waals surface area contributed by atoms with Gasteiger partial charge in [-0.05, 0) is 42.0 Å². The number of hydrogen-bond donors (Lipinski definition) is 3. The van der Waals surface area contributed by atoms with Crippen LogP contribution in [0.5, 0.6) is 0 Å². The van der Waals surface area contributed by atoms with Gasteiger partial charge >= 0.3 is 0 Å². The van der Waals surface area contributed by atoms with Crippen LogP contribution in [-0.4, -0.2) is 56.6 Å². The van der Waals surface area contributed by atoms with Crippen LogP contribution in [0.15, 0.2) is 59.8 Å². The van der Waals surface area contributed by atoms with Crippen molar-refractivity contribution >= 4 is 27.5 Å². The number of H-pyrrole nitrogens is 2. The van der Waals surface area contributed by atoms with E-state index in [9.17, 15) is 9.90 Å². The van der Waals surface area contributed by atoms with Crippen LogP contribution in [0.25, 0.3) is 33.1 Å². The summed E-state index contributed by atoms with van der Waals surface area (Å²) in [7, 11) is 0. The Bertz CT molecular complexity index is 1610. The third-order valence-electron chi connectivity index (χ3n) is 6.34. The molecule has 2 aromatic carbocycles. The Kier molecular flexibility index (Phi) is 5.24. The van der Waals surface area contributed by atoms with Crippen LogP contribution in [0.3, 0.4) is 0 Å². The molecule has 0 radical (unpaired) electrons. The van der Waals surface area contributed by atoms with Crippen LogP contribution in [0.4, 0.5) is 10.1 Å². The van der Waals surface area contributed by atoms with Crippen LogP contribution in [0.1, 0.15) is 17.4 Å². The van der Waals surface area contributed by atoms with E-state index in [4.69, 9.17) is 4.74 Å². The van der Waals surface area contributed by atoms with Crippen LogP contribution >= 0.6 is 0 Å². The zero-order valence-electron chi connectivity index (χ0n) is 18.5. The normalized spacial score (nSPS) is 15.1. The van der Waals surface area contributed by atoms with Gasteiger partial charge in [-0.1, -0.05) is 6.07 Å². The number of benzene rings is 2. The molecule has 0 saturated carbocycles. The summed E-state index contributed by atoms with van der Waals surface area (Å²) in [6.07, 6.45) is 1.81. The number of aromatic nitrogens is 5. The van der Waals surface area contributed by atoms with Crippen molar-refractivity contribution < 1.29 is 14.2 Å². The molecule has 1 atom stereocenters. The lowest BCUT2D eigenvalue weighted by molar-refractivity contribution is 0.122. The van der Waals surface area contributed by atoms with E-state index in [-0.39, 0.29) is 16.8 Å². The number of nitrogens with zero attached hydrogens (tertiary/aromatic N) is 4. The summed E-state index contributed by atoms with van der Waals surface area (Å²) in [6, 6.07) is 11.8. The second-order valence-electron chi connectivity index (χ2n) is 8.37. The lowest BCUT2D eigenvalue weighted by Gasteiger charge is -2.29. The van der Waals surface area contributed by atoms with Crippen LogP contribution in [0.2, 0.25) is 0 Å². The summed E-state index contributed by atoms with van der Waals surface area (Å²) in [4.78, 5) is 25.9. The molecular formula is C25H21FN6O3. The van der Waals surface area contributed by atoms with E-state index in [0.717, 1.165) is 18.8 Å². The van der Waals surface area contributed by atoms with Gasteiger partial charge in [-0.25, -0.2) is 19.5 Å². The molecule has 1 aliphatic heterocycles. The van der Waals surface area contributed by atoms with Crippen LogP contribution in [0, 0.1) is 5.82 Å². The highest BCUT2D eigenvalue weighted by Gasteiger charge is 2.21. The highest BCUT2D eigenvalue weighted by Crippen LogP contribution is 2.33. The summed E-state index contributed by atoms with van der Waals surface area (Å²) in [5, 5.41) is 18.6. The minimum absolute atomic E-state index is 0.236. The summed E-state index contributed by atoms with van der Waals surface area (Å²) in [5.41, 5.74) is 3.10. The van der Waals surface area contributed by atoms with Gasteiger partial charge in [-0.2, -0.15) is 5.10 Å². The Balaban J connectivity index is 1.42. The van der Waals surface area contributed by atoms with E-state index in [0.29, 0.717) is 46.3 Å². The number of ether oxygens (including phenoxy) is 1. The first-order valence-corrected chi connectivity index (χ1v) is 11.2. The molecule has 9 nitrogen and oxygen atoms in total. The quantitative estimate of drug-likeness (QED) is 0.368. The molecule has 1 aliphatic rings. The predicted octanol–water partition coefficient (Wildman–Crippen LogP) is 2.92. The van der Waals surface area contributed by atoms with Gasteiger partial charge in [-0.15, -0.1) is 0 Å². The molecule has 3 N–H and O–H groups in total. The third kappa shape index (κ3) is 3.72. The lowest BCUT2D eigenvalue weighted by Crippen LogP contribution is -2.36. The topological polar surface area (TPSA) is 120 Å². The Morgan fingerprint density at radius 1 is 1.06 bits per heavy atom. The van der Waals surface area contributed by atoms with Gasteiger partial charge in [0.25, 0.3) is 5.56 Å². The van der Waals surface area contributed by atoms with E-state index in [1.165, 1.54) is 18.5 Å². The first-order chi connectivity index (χ1) is 17.1. The molecule has 1 unspecified atom stereocenters. The first-order valence-electron chi connectivity index (χ1n) is 11.2.